The lowest BCUT2D eigenvalue weighted by molar-refractivity contribution is 0.413. The third kappa shape index (κ3) is 2.36. The van der Waals surface area contributed by atoms with E-state index < -0.39 is 0 Å². The van der Waals surface area contributed by atoms with Gasteiger partial charge in [0.2, 0.25) is 0 Å². The zero-order chi connectivity index (χ0) is 15.2. The van der Waals surface area contributed by atoms with E-state index in [1.54, 1.807) is 11.3 Å². The first-order valence-corrected chi connectivity index (χ1v) is 7.92. The maximum Gasteiger partial charge on any atom is 0.153 e. The second kappa shape index (κ2) is 4.93. The Kier molecular flexibility index (Phi) is 3.34. The van der Waals surface area contributed by atoms with Crippen molar-refractivity contribution in [2.24, 2.45) is 5.73 Å². The Bertz CT molecular complexity index is 792. The van der Waals surface area contributed by atoms with Crippen molar-refractivity contribution in [1.29, 1.82) is 0 Å². The van der Waals surface area contributed by atoms with Crippen LogP contribution in [0.15, 0.2) is 23.7 Å². The second-order valence-electron chi connectivity index (χ2n) is 6.24. The largest absolute Gasteiger partial charge is 0.326 e. The first kappa shape index (κ1) is 14.2. The molecule has 4 nitrogen and oxygen atoms in total. The number of rotatable bonds is 2. The lowest BCUT2D eigenvalue weighted by Crippen LogP contribution is -2.22. The average molecular weight is 300 g/mol. The summed E-state index contributed by atoms with van der Waals surface area (Å²) >= 11 is 1.64. The van der Waals surface area contributed by atoms with Gasteiger partial charge in [-0.3, -0.25) is 0 Å². The van der Waals surface area contributed by atoms with E-state index in [0.717, 1.165) is 33.0 Å². The van der Waals surface area contributed by atoms with Crippen LogP contribution in [0.3, 0.4) is 0 Å². The molecule has 0 spiro atoms. The molecule has 5 heteroatoms. The lowest BCUT2D eigenvalue weighted by atomic mass is 10.1. The molecule has 3 aromatic rings. The maximum absolute atomic E-state index is 5.75. The Morgan fingerprint density at radius 3 is 2.62 bits per heavy atom. The lowest BCUT2D eigenvalue weighted by Gasteiger charge is -2.24. The van der Waals surface area contributed by atoms with Crippen LogP contribution in [0.5, 0.6) is 0 Å². The third-order valence-corrected chi connectivity index (χ3v) is 4.50. The van der Waals surface area contributed by atoms with E-state index in [-0.39, 0.29) is 5.54 Å². The van der Waals surface area contributed by atoms with Crippen molar-refractivity contribution in [3.8, 4) is 10.7 Å². The van der Waals surface area contributed by atoms with Crippen LogP contribution in [0.2, 0.25) is 0 Å². The average Bonchev–Trinajstić information content (AvgIpc) is 2.99. The molecule has 2 aromatic heterocycles. The van der Waals surface area contributed by atoms with Gasteiger partial charge in [-0.25, -0.2) is 9.97 Å². The SMILES string of the molecule is Cc1ncsc1-c1nc2cc(CN)ccc2n1C(C)(C)C. The van der Waals surface area contributed by atoms with Crippen molar-refractivity contribution in [3.05, 3.63) is 35.0 Å². The number of aromatic nitrogens is 3. The van der Waals surface area contributed by atoms with Gasteiger partial charge in [0.05, 0.1) is 27.1 Å². The summed E-state index contributed by atoms with van der Waals surface area (Å²) in [5.41, 5.74) is 11.8. The van der Waals surface area contributed by atoms with E-state index in [4.69, 9.17) is 10.7 Å². The zero-order valence-electron chi connectivity index (χ0n) is 12.8. The Morgan fingerprint density at radius 2 is 2.05 bits per heavy atom. The number of nitrogens with zero attached hydrogens (tertiary/aromatic N) is 3. The Morgan fingerprint density at radius 1 is 1.29 bits per heavy atom. The number of thiazole rings is 1. The molecule has 0 fully saturated rings. The summed E-state index contributed by atoms with van der Waals surface area (Å²) in [6, 6.07) is 6.28. The van der Waals surface area contributed by atoms with Gasteiger partial charge in [-0.15, -0.1) is 11.3 Å². The number of aryl methyl sites for hydroxylation is 1. The van der Waals surface area contributed by atoms with Gasteiger partial charge in [-0.2, -0.15) is 0 Å². The van der Waals surface area contributed by atoms with Crippen LogP contribution in [0.1, 0.15) is 32.0 Å². The number of hydrogen-bond acceptors (Lipinski definition) is 4. The van der Waals surface area contributed by atoms with Crippen molar-refractivity contribution in [3.63, 3.8) is 0 Å². The summed E-state index contributed by atoms with van der Waals surface area (Å²) < 4.78 is 2.29. The highest BCUT2D eigenvalue weighted by Crippen LogP contribution is 2.34. The van der Waals surface area contributed by atoms with Gasteiger partial charge in [0.1, 0.15) is 0 Å². The van der Waals surface area contributed by atoms with E-state index in [1.165, 1.54) is 0 Å². The van der Waals surface area contributed by atoms with Crippen LogP contribution in [-0.4, -0.2) is 14.5 Å². The normalized spacial score (nSPS) is 12.2. The predicted octanol–water partition coefficient (Wildman–Crippen LogP) is 3.68. The number of benzene rings is 1. The van der Waals surface area contributed by atoms with E-state index in [1.807, 2.05) is 12.4 Å². The highest BCUT2D eigenvalue weighted by molar-refractivity contribution is 7.13. The first-order chi connectivity index (χ1) is 9.91. The molecule has 1 aromatic carbocycles. The van der Waals surface area contributed by atoms with Crippen LogP contribution in [0.25, 0.3) is 21.7 Å². The molecule has 0 radical (unpaired) electrons. The van der Waals surface area contributed by atoms with E-state index in [2.05, 4.69) is 48.5 Å². The highest BCUT2D eigenvalue weighted by atomic mass is 32.1. The minimum Gasteiger partial charge on any atom is -0.326 e. The molecule has 21 heavy (non-hydrogen) atoms. The summed E-state index contributed by atoms with van der Waals surface area (Å²) in [6.07, 6.45) is 0. The van der Waals surface area contributed by atoms with E-state index >= 15 is 0 Å². The molecule has 0 saturated carbocycles. The summed E-state index contributed by atoms with van der Waals surface area (Å²) in [5.74, 6) is 0.992. The zero-order valence-corrected chi connectivity index (χ0v) is 13.7. The molecule has 0 aliphatic carbocycles. The fourth-order valence-corrected chi connectivity index (χ4v) is 3.38. The molecular weight excluding hydrogens is 280 g/mol. The van der Waals surface area contributed by atoms with Crippen LogP contribution < -0.4 is 5.73 Å². The number of hydrogen-bond donors (Lipinski definition) is 1. The molecule has 0 saturated heterocycles. The molecule has 2 N–H and O–H groups in total. The van der Waals surface area contributed by atoms with Crippen molar-refractivity contribution < 1.29 is 0 Å². The minimum absolute atomic E-state index is 0.0508. The number of nitrogens with two attached hydrogens (primary N) is 1. The summed E-state index contributed by atoms with van der Waals surface area (Å²) in [7, 11) is 0. The van der Waals surface area contributed by atoms with Gasteiger partial charge in [0, 0.05) is 12.1 Å². The summed E-state index contributed by atoms with van der Waals surface area (Å²) in [6.45, 7) is 9.16. The van der Waals surface area contributed by atoms with Gasteiger partial charge >= 0.3 is 0 Å². The maximum atomic E-state index is 5.75. The predicted molar refractivity (Wildman–Crippen MR) is 88.5 cm³/mol. The molecule has 0 aliphatic rings. The molecule has 2 heterocycles. The van der Waals surface area contributed by atoms with Crippen molar-refractivity contribution in [2.75, 3.05) is 0 Å². The molecule has 0 atom stereocenters. The fourth-order valence-electron chi connectivity index (χ4n) is 2.60. The van der Waals surface area contributed by atoms with E-state index in [9.17, 15) is 0 Å². The molecule has 3 rings (SSSR count). The molecule has 0 amide bonds. The minimum atomic E-state index is -0.0508. The molecule has 0 bridgehead atoms. The van der Waals surface area contributed by atoms with Gasteiger partial charge < -0.3 is 10.3 Å². The summed E-state index contributed by atoms with van der Waals surface area (Å²) in [5, 5.41) is 0. The molecule has 0 aliphatic heterocycles. The monoisotopic (exact) mass is 300 g/mol. The van der Waals surface area contributed by atoms with Crippen molar-refractivity contribution in [2.45, 2.75) is 39.8 Å². The molecule has 0 unspecified atom stereocenters. The smallest absolute Gasteiger partial charge is 0.153 e. The van der Waals surface area contributed by atoms with Gasteiger partial charge in [-0.1, -0.05) is 6.07 Å². The van der Waals surface area contributed by atoms with Crippen LogP contribution in [0, 0.1) is 6.92 Å². The Labute approximate surface area is 128 Å². The first-order valence-electron chi connectivity index (χ1n) is 7.04. The van der Waals surface area contributed by atoms with Gasteiger partial charge in [-0.05, 0) is 45.4 Å². The van der Waals surface area contributed by atoms with Crippen LogP contribution in [0.4, 0.5) is 0 Å². The van der Waals surface area contributed by atoms with E-state index in [0.29, 0.717) is 6.54 Å². The fraction of sp³-hybridized carbons (Fsp3) is 0.375. The van der Waals surface area contributed by atoms with Crippen LogP contribution in [-0.2, 0) is 12.1 Å². The topological polar surface area (TPSA) is 56.7 Å². The molecule has 110 valence electrons. The van der Waals surface area contributed by atoms with Gasteiger partial charge in [0.15, 0.2) is 5.82 Å². The standard InChI is InChI=1S/C16H20N4S/c1-10-14(21-9-18-10)15-19-12-7-11(8-17)5-6-13(12)20(15)16(2,3)4/h5-7,9H,8,17H2,1-4H3. The second-order valence-corrected chi connectivity index (χ2v) is 7.09. The van der Waals surface area contributed by atoms with Crippen molar-refractivity contribution in [1.82, 2.24) is 14.5 Å². The highest BCUT2D eigenvalue weighted by Gasteiger charge is 2.24. The number of imidazole rings is 1. The molecular formula is C16H20N4S. The van der Waals surface area contributed by atoms with Crippen molar-refractivity contribution >= 4 is 22.4 Å². The quantitative estimate of drug-likeness (QED) is 0.785. The van der Waals surface area contributed by atoms with Crippen LogP contribution >= 0.6 is 11.3 Å². The Hall–Kier alpha value is -1.72. The summed E-state index contributed by atoms with van der Waals surface area (Å²) in [4.78, 5) is 10.4. The Balaban J connectivity index is 2.35. The number of fused-ring (bicyclic) bond motifs is 1. The third-order valence-electron chi connectivity index (χ3n) is 3.57. The van der Waals surface area contributed by atoms with Gasteiger partial charge in [0.25, 0.3) is 0 Å².